The lowest BCUT2D eigenvalue weighted by atomic mass is 9.89. The average Bonchev–Trinajstić information content (AvgIpc) is 2.66. The molecule has 6 heteroatoms. The molecule has 0 saturated heterocycles. The van der Waals surface area contributed by atoms with Gasteiger partial charge in [-0.1, -0.05) is 24.3 Å². The molecular formula is C19H15N3O3. The van der Waals surface area contributed by atoms with E-state index in [0.717, 1.165) is 16.5 Å². The molecule has 1 amide bonds. The topological polar surface area (TPSA) is 83.4 Å². The van der Waals surface area contributed by atoms with Gasteiger partial charge in [0.15, 0.2) is 0 Å². The number of aromatic nitrogens is 2. The first-order chi connectivity index (χ1) is 12.1. The largest absolute Gasteiger partial charge is 0.481 e. The molecular weight excluding hydrogens is 318 g/mol. The third-order valence-corrected chi connectivity index (χ3v) is 4.49. The van der Waals surface area contributed by atoms with Gasteiger partial charge < -0.3 is 10.0 Å². The molecule has 1 aliphatic heterocycles. The minimum atomic E-state index is -0.928. The van der Waals surface area contributed by atoms with Gasteiger partial charge in [-0.15, -0.1) is 0 Å². The number of pyridine rings is 2. The zero-order chi connectivity index (χ0) is 17.4. The molecule has 2 aromatic heterocycles. The molecule has 3 aromatic rings. The van der Waals surface area contributed by atoms with Gasteiger partial charge in [-0.3, -0.25) is 14.6 Å². The molecule has 1 atom stereocenters. The molecule has 0 bridgehead atoms. The van der Waals surface area contributed by atoms with Crippen molar-refractivity contribution < 1.29 is 14.7 Å². The fourth-order valence-electron chi connectivity index (χ4n) is 3.22. The molecule has 0 spiro atoms. The van der Waals surface area contributed by atoms with Crippen molar-refractivity contribution in [2.45, 2.75) is 12.5 Å². The average molecular weight is 333 g/mol. The normalized spacial score (nSPS) is 16.5. The van der Waals surface area contributed by atoms with Crippen molar-refractivity contribution in [2.24, 2.45) is 0 Å². The van der Waals surface area contributed by atoms with Gasteiger partial charge in [-0.2, -0.15) is 0 Å². The molecule has 1 unspecified atom stereocenters. The summed E-state index contributed by atoms with van der Waals surface area (Å²) < 4.78 is 0. The number of carbonyl (C=O) groups excluding carboxylic acids is 1. The lowest BCUT2D eigenvalue weighted by Gasteiger charge is -2.32. The summed E-state index contributed by atoms with van der Waals surface area (Å²) >= 11 is 0. The maximum Gasteiger partial charge on any atom is 0.312 e. The summed E-state index contributed by atoms with van der Waals surface area (Å²) in [6.07, 6.45) is 3.31. The highest BCUT2D eigenvalue weighted by Crippen LogP contribution is 2.29. The monoisotopic (exact) mass is 333 g/mol. The summed E-state index contributed by atoms with van der Waals surface area (Å²) in [6, 6.07) is 12.6. The fourth-order valence-corrected chi connectivity index (χ4v) is 3.22. The molecule has 0 aliphatic carbocycles. The first-order valence-corrected chi connectivity index (χ1v) is 7.94. The van der Waals surface area contributed by atoms with Crippen molar-refractivity contribution in [3.8, 4) is 0 Å². The van der Waals surface area contributed by atoms with Crippen LogP contribution in [0.5, 0.6) is 0 Å². The van der Waals surface area contributed by atoms with E-state index >= 15 is 0 Å². The van der Waals surface area contributed by atoms with Gasteiger partial charge in [-0.05, 0) is 29.3 Å². The Morgan fingerprint density at radius 1 is 1.12 bits per heavy atom. The van der Waals surface area contributed by atoms with E-state index in [0.29, 0.717) is 17.8 Å². The molecule has 1 N–H and O–H groups in total. The molecule has 1 aliphatic rings. The van der Waals surface area contributed by atoms with Gasteiger partial charge in [0, 0.05) is 30.9 Å². The third-order valence-electron chi connectivity index (χ3n) is 4.49. The number of hydrogen-bond acceptors (Lipinski definition) is 4. The Morgan fingerprint density at radius 3 is 2.80 bits per heavy atom. The number of carboxylic acids is 1. The van der Waals surface area contributed by atoms with Crippen LogP contribution in [0, 0.1) is 0 Å². The fraction of sp³-hybridized carbons (Fsp3) is 0.158. The van der Waals surface area contributed by atoms with E-state index in [1.807, 2.05) is 24.3 Å². The van der Waals surface area contributed by atoms with Crippen molar-refractivity contribution in [3.05, 3.63) is 71.7 Å². The van der Waals surface area contributed by atoms with E-state index in [1.54, 1.807) is 35.5 Å². The molecule has 1 aromatic carbocycles. The highest BCUT2D eigenvalue weighted by molar-refractivity contribution is 5.95. The number of hydrogen-bond donors (Lipinski definition) is 1. The predicted octanol–water partition coefficient (Wildman–Crippen LogP) is 2.45. The maximum absolute atomic E-state index is 12.9. The smallest absolute Gasteiger partial charge is 0.312 e. The van der Waals surface area contributed by atoms with Crippen molar-refractivity contribution in [3.63, 3.8) is 0 Å². The van der Waals surface area contributed by atoms with Gasteiger partial charge in [0.1, 0.15) is 5.69 Å². The van der Waals surface area contributed by atoms with Crippen LogP contribution in [0.4, 0.5) is 0 Å². The standard InChI is InChI=1S/C19H15N3O3/c23-18(17-6-5-12-9-20-8-7-16(12)21-17)22-10-13-3-1-2-4-14(13)15(11-22)19(24)25/h1-9,15H,10-11H2,(H,24,25). The van der Waals surface area contributed by atoms with Gasteiger partial charge in [0.25, 0.3) is 5.91 Å². The molecule has 124 valence electrons. The van der Waals surface area contributed by atoms with Crippen molar-refractivity contribution >= 4 is 22.8 Å². The molecule has 3 heterocycles. The highest BCUT2D eigenvalue weighted by atomic mass is 16.4. The van der Waals surface area contributed by atoms with Crippen LogP contribution < -0.4 is 0 Å². The minimum Gasteiger partial charge on any atom is -0.481 e. The lowest BCUT2D eigenvalue weighted by molar-refractivity contribution is -0.139. The molecule has 0 fully saturated rings. The van der Waals surface area contributed by atoms with E-state index < -0.39 is 11.9 Å². The number of fused-ring (bicyclic) bond motifs is 2. The Kier molecular flexibility index (Phi) is 3.65. The maximum atomic E-state index is 12.9. The quantitative estimate of drug-likeness (QED) is 0.779. The SMILES string of the molecule is O=C(O)C1CN(C(=O)c2ccc3cnccc3n2)Cc2ccccc21. The van der Waals surface area contributed by atoms with E-state index in [4.69, 9.17) is 0 Å². The summed E-state index contributed by atoms with van der Waals surface area (Å²) in [5.41, 5.74) is 2.63. The van der Waals surface area contributed by atoms with Gasteiger partial charge >= 0.3 is 5.97 Å². The van der Waals surface area contributed by atoms with Crippen molar-refractivity contribution in [1.29, 1.82) is 0 Å². The van der Waals surface area contributed by atoms with Crippen LogP contribution in [0.15, 0.2) is 54.9 Å². The van der Waals surface area contributed by atoms with E-state index in [9.17, 15) is 14.7 Å². The highest BCUT2D eigenvalue weighted by Gasteiger charge is 2.33. The van der Waals surface area contributed by atoms with Crippen molar-refractivity contribution in [2.75, 3.05) is 6.54 Å². The minimum absolute atomic E-state index is 0.140. The van der Waals surface area contributed by atoms with Crippen LogP contribution in [-0.4, -0.2) is 38.4 Å². The Labute approximate surface area is 143 Å². The zero-order valence-corrected chi connectivity index (χ0v) is 13.3. The Balaban J connectivity index is 1.69. The summed E-state index contributed by atoms with van der Waals surface area (Å²) in [5.74, 6) is -1.92. The second kappa shape index (κ2) is 5.98. The molecule has 25 heavy (non-hydrogen) atoms. The van der Waals surface area contributed by atoms with Crippen LogP contribution >= 0.6 is 0 Å². The predicted molar refractivity (Wildman–Crippen MR) is 91.1 cm³/mol. The van der Waals surface area contributed by atoms with Gasteiger partial charge in [0.05, 0.1) is 11.4 Å². The van der Waals surface area contributed by atoms with Gasteiger partial charge in [0.2, 0.25) is 0 Å². The Morgan fingerprint density at radius 2 is 1.96 bits per heavy atom. The third kappa shape index (κ3) is 2.71. The number of benzene rings is 1. The summed E-state index contributed by atoms with van der Waals surface area (Å²) in [5, 5.41) is 10.4. The first-order valence-electron chi connectivity index (χ1n) is 7.94. The zero-order valence-electron chi connectivity index (χ0n) is 13.3. The summed E-state index contributed by atoms with van der Waals surface area (Å²) in [6.45, 7) is 0.524. The number of amides is 1. The second-order valence-electron chi connectivity index (χ2n) is 6.04. The number of rotatable bonds is 2. The second-order valence-corrected chi connectivity index (χ2v) is 6.04. The van der Waals surface area contributed by atoms with E-state index in [-0.39, 0.29) is 12.5 Å². The Hall–Kier alpha value is -3.28. The Bertz CT molecular complexity index is 986. The van der Waals surface area contributed by atoms with Crippen molar-refractivity contribution in [1.82, 2.24) is 14.9 Å². The first kappa shape index (κ1) is 15.3. The van der Waals surface area contributed by atoms with E-state index in [1.165, 1.54) is 0 Å². The number of carboxylic acid groups (broad SMARTS) is 1. The van der Waals surface area contributed by atoms with Crippen LogP contribution in [0.1, 0.15) is 27.5 Å². The lowest BCUT2D eigenvalue weighted by Crippen LogP contribution is -2.40. The molecule has 6 nitrogen and oxygen atoms in total. The molecule has 0 radical (unpaired) electrons. The van der Waals surface area contributed by atoms with Crippen LogP contribution in [0.2, 0.25) is 0 Å². The molecule has 0 saturated carbocycles. The number of carbonyl (C=O) groups is 2. The molecule has 4 rings (SSSR count). The van der Waals surface area contributed by atoms with Crippen LogP contribution in [0.3, 0.4) is 0 Å². The summed E-state index contributed by atoms with van der Waals surface area (Å²) in [4.78, 5) is 34.5. The number of nitrogens with zero attached hydrogens (tertiary/aromatic N) is 3. The number of aliphatic carboxylic acids is 1. The van der Waals surface area contributed by atoms with E-state index in [2.05, 4.69) is 9.97 Å². The van der Waals surface area contributed by atoms with Crippen LogP contribution in [0.25, 0.3) is 10.9 Å². The summed E-state index contributed by atoms with van der Waals surface area (Å²) in [7, 11) is 0. The van der Waals surface area contributed by atoms with Gasteiger partial charge in [-0.25, -0.2) is 4.98 Å². The van der Waals surface area contributed by atoms with Crippen LogP contribution in [-0.2, 0) is 11.3 Å².